The standard InChI is InChI=1S/C19H33ClN.BrH/c1-4-7-13-21(14-8-5-2,15-9-6-3)17-18-11-10-12-19(20)16-18;/h10-12,16H,4-9,13-15,17H2,1-3H3;1H/q+1;/p-1. The highest BCUT2D eigenvalue weighted by atomic mass is 79.9. The predicted molar refractivity (Wildman–Crippen MR) is 94.7 cm³/mol. The molecule has 0 aliphatic carbocycles. The smallest absolute Gasteiger partial charge is 0.104 e. The first kappa shape index (κ1) is 21.9. The first-order chi connectivity index (χ1) is 10.2. The van der Waals surface area contributed by atoms with Gasteiger partial charge in [0.15, 0.2) is 0 Å². The van der Waals surface area contributed by atoms with E-state index in [1.807, 2.05) is 6.07 Å². The van der Waals surface area contributed by atoms with E-state index in [9.17, 15) is 0 Å². The van der Waals surface area contributed by atoms with Gasteiger partial charge in [0.05, 0.1) is 19.6 Å². The van der Waals surface area contributed by atoms with Crippen LogP contribution in [0.3, 0.4) is 0 Å². The molecule has 0 aliphatic rings. The average Bonchev–Trinajstić information content (AvgIpc) is 2.48. The van der Waals surface area contributed by atoms with Gasteiger partial charge in [-0.15, -0.1) is 0 Å². The van der Waals surface area contributed by atoms with Gasteiger partial charge in [0.1, 0.15) is 6.54 Å². The number of unbranched alkanes of at least 4 members (excludes halogenated alkanes) is 3. The summed E-state index contributed by atoms with van der Waals surface area (Å²) in [7, 11) is 0. The van der Waals surface area contributed by atoms with E-state index in [0.717, 1.165) is 11.6 Å². The van der Waals surface area contributed by atoms with Gasteiger partial charge in [-0.3, -0.25) is 0 Å². The first-order valence-electron chi connectivity index (χ1n) is 8.75. The molecule has 0 saturated heterocycles. The van der Waals surface area contributed by atoms with E-state index in [-0.39, 0.29) is 17.0 Å². The number of nitrogens with zero attached hydrogens (tertiary/aromatic N) is 1. The fraction of sp³-hybridized carbons (Fsp3) is 0.684. The predicted octanol–water partition coefficient (Wildman–Crippen LogP) is 3.06. The van der Waals surface area contributed by atoms with Crippen LogP contribution in [0, 0.1) is 0 Å². The monoisotopic (exact) mass is 389 g/mol. The van der Waals surface area contributed by atoms with Crippen molar-refractivity contribution in [3.05, 3.63) is 34.9 Å². The summed E-state index contributed by atoms with van der Waals surface area (Å²) in [5, 5.41) is 0.868. The molecular weight excluding hydrogens is 358 g/mol. The van der Waals surface area contributed by atoms with Crippen LogP contribution in [-0.2, 0) is 6.54 Å². The summed E-state index contributed by atoms with van der Waals surface area (Å²) in [6.07, 6.45) is 7.84. The zero-order valence-electron chi connectivity index (χ0n) is 14.6. The molecule has 0 amide bonds. The maximum Gasteiger partial charge on any atom is 0.104 e. The number of rotatable bonds is 11. The van der Waals surface area contributed by atoms with Crippen molar-refractivity contribution in [2.45, 2.75) is 65.8 Å². The van der Waals surface area contributed by atoms with Crippen LogP contribution in [0.5, 0.6) is 0 Å². The Morgan fingerprint density at radius 2 is 1.36 bits per heavy atom. The maximum absolute atomic E-state index is 6.18. The minimum atomic E-state index is 0. The third-order valence-corrected chi connectivity index (χ3v) is 4.60. The molecule has 128 valence electrons. The zero-order valence-corrected chi connectivity index (χ0v) is 16.9. The van der Waals surface area contributed by atoms with E-state index >= 15 is 0 Å². The summed E-state index contributed by atoms with van der Waals surface area (Å²) >= 11 is 6.18. The van der Waals surface area contributed by atoms with Crippen molar-refractivity contribution in [2.24, 2.45) is 0 Å². The third kappa shape index (κ3) is 7.99. The van der Waals surface area contributed by atoms with Gasteiger partial charge in [0.25, 0.3) is 0 Å². The van der Waals surface area contributed by atoms with Gasteiger partial charge < -0.3 is 21.5 Å². The van der Waals surface area contributed by atoms with Gasteiger partial charge in [-0.05, 0) is 31.4 Å². The van der Waals surface area contributed by atoms with E-state index < -0.39 is 0 Å². The van der Waals surface area contributed by atoms with E-state index in [2.05, 4.69) is 39.0 Å². The van der Waals surface area contributed by atoms with E-state index in [0.29, 0.717) is 0 Å². The molecule has 22 heavy (non-hydrogen) atoms. The van der Waals surface area contributed by atoms with Crippen LogP contribution < -0.4 is 17.0 Å². The fourth-order valence-corrected chi connectivity index (χ4v) is 3.29. The van der Waals surface area contributed by atoms with Crippen molar-refractivity contribution in [1.82, 2.24) is 0 Å². The topological polar surface area (TPSA) is 0 Å². The summed E-state index contributed by atoms with van der Waals surface area (Å²) in [5.41, 5.74) is 1.39. The molecule has 0 heterocycles. The maximum atomic E-state index is 6.18. The van der Waals surface area contributed by atoms with Gasteiger partial charge in [-0.1, -0.05) is 63.8 Å². The Kier molecular flexibility index (Phi) is 12.4. The van der Waals surface area contributed by atoms with Gasteiger partial charge in [-0.2, -0.15) is 0 Å². The van der Waals surface area contributed by atoms with Crippen LogP contribution in [0.2, 0.25) is 5.02 Å². The van der Waals surface area contributed by atoms with E-state index in [1.165, 1.54) is 68.2 Å². The van der Waals surface area contributed by atoms with Gasteiger partial charge >= 0.3 is 0 Å². The lowest BCUT2D eigenvalue weighted by Gasteiger charge is -2.39. The molecule has 0 N–H and O–H groups in total. The second kappa shape index (κ2) is 12.4. The molecular formula is C19H33BrClN. The van der Waals surface area contributed by atoms with Crippen LogP contribution in [-0.4, -0.2) is 24.1 Å². The number of hydrogen-bond donors (Lipinski definition) is 0. The van der Waals surface area contributed by atoms with Crippen LogP contribution in [0.15, 0.2) is 24.3 Å². The highest BCUT2D eigenvalue weighted by Crippen LogP contribution is 2.21. The molecule has 0 radical (unpaired) electrons. The molecule has 1 nitrogen and oxygen atoms in total. The number of hydrogen-bond acceptors (Lipinski definition) is 0. The summed E-state index contributed by atoms with van der Waals surface area (Å²) < 4.78 is 1.25. The Labute approximate surface area is 153 Å². The number of halogens is 2. The van der Waals surface area contributed by atoms with Crippen LogP contribution in [0.4, 0.5) is 0 Å². The Hall–Kier alpha value is -0.0500. The fourth-order valence-electron chi connectivity index (χ4n) is 3.08. The van der Waals surface area contributed by atoms with E-state index in [4.69, 9.17) is 11.6 Å². The Morgan fingerprint density at radius 3 is 1.77 bits per heavy atom. The van der Waals surface area contributed by atoms with Crippen molar-refractivity contribution in [3.63, 3.8) is 0 Å². The summed E-state index contributed by atoms with van der Waals surface area (Å²) in [6, 6.07) is 8.46. The third-order valence-electron chi connectivity index (χ3n) is 4.37. The van der Waals surface area contributed by atoms with Gasteiger partial charge in [0.2, 0.25) is 0 Å². The van der Waals surface area contributed by atoms with Gasteiger partial charge in [0, 0.05) is 10.6 Å². The summed E-state index contributed by atoms with van der Waals surface area (Å²) in [6.45, 7) is 12.0. The minimum Gasteiger partial charge on any atom is -1.00 e. The van der Waals surface area contributed by atoms with Crippen LogP contribution in [0.1, 0.15) is 64.9 Å². The van der Waals surface area contributed by atoms with Gasteiger partial charge in [-0.25, -0.2) is 0 Å². The molecule has 0 spiro atoms. The lowest BCUT2D eigenvalue weighted by Crippen LogP contribution is -3.00. The molecule has 0 aliphatic heterocycles. The molecule has 0 aromatic heterocycles. The molecule has 3 heteroatoms. The SMILES string of the molecule is CCCC[N+](CCCC)(CCCC)Cc1cccc(Cl)c1.[Br-]. The molecule has 1 rings (SSSR count). The Bertz CT molecular complexity index is 373. The molecule has 0 atom stereocenters. The lowest BCUT2D eigenvalue weighted by atomic mass is 10.1. The molecule has 0 bridgehead atoms. The largest absolute Gasteiger partial charge is 1.00 e. The van der Waals surface area contributed by atoms with Crippen LogP contribution in [0.25, 0.3) is 0 Å². The Morgan fingerprint density at radius 1 is 0.864 bits per heavy atom. The Balaban J connectivity index is 0.00000441. The molecule has 0 saturated carbocycles. The van der Waals surface area contributed by atoms with E-state index in [1.54, 1.807) is 0 Å². The van der Waals surface area contributed by atoms with Crippen molar-refractivity contribution >= 4 is 11.6 Å². The summed E-state index contributed by atoms with van der Waals surface area (Å²) in [5.74, 6) is 0. The van der Waals surface area contributed by atoms with Crippen LogP contribution >= 0.6 is 11.6 Å². The first-order valence-corrected chi connectivity index (χ1v) is 9.13. The average molecular weight is 391 g/mol. The molecule has 1 aromatic rings. The molecule has 0 unspecified atom stereocenters. The molecule has 0 fully saturated rings. The highest BCUT2D eigenvalue weighted by Gasteiger charge is 2.26. The second-order valence-electron chi connectivity index (χ2n) is 6.36. The number of quaternary nitrogens is 1. The molecule has 1 aromatic carbocycles. The van der Waals surface area contributed by atoms with Crippen molar-refractivity contribution in [3.8, 4) is 0 Å². The lowest BCUT2D eigenvalue weighted by molar-refractivity contribution is -0.941. The van der Waals surface area contributed by atoms with Crippen molar-refractivity contribution < 1.29 is 21.5 Å². The highest BCUT2D eigenvalue weighted by molar-refractivity contribution is 6.30. The normalized spacial score (nSPS) is 11.3. The summed E-state index contributed by atoms with van der Waals surface area (Å²) in [4.78, 5) is 0. The zero-order chi connectivity index (χ0) is 15.6. The van der Waals surface area contributed by atoms with Crippen molar-refractivity contribution in [2.75, 3.05) is 19.6 Å². The quantitative estimate of drug-likeness (QED) is 0.509. The second-order valence-corrected chi connectivity index (χ2v) is 6.80. The number of benzene rings is 1. The van der Waals surface area contributed by atoms with Crippen molar-refractivity contribution in [1.29, 1.82) is 0 Å². The minimum absolute atomic E-state index is 0.